The Balaban J connectivity index is 4.33. The summed E-state index contributed by atoms with van der Waals surface area (Å²) in [5, 5.41) is 0. The summed E-state index contributed by atoms with van der Waals surface area (Å²) in [5.41, 5.74) is -0.623. The molecule has 0 fully saturated rings. The predicted octanol–water partition coefficient (Wildman–Crippen LogP) is 2.86. The van der Waals surface area contributed by atoms with Gasteiger partial charge < -0.3 is 4.74 Å². The number of rotatable bonds is 4. The zero-order chi connectivity index (χ0) is 13.7. The van der Waals surface area contributed by atoms with Crippen LogP contribution in [0.5, 0.6) is 0 Å². The normalized spacial score (nSPS) is 13.8. The van der Waals surface area contributed by atoms with E-state index in [1.807, 2.05) is 41.5 Å². The van der Waals surface area contributed by atoms with E-state index in [0.717, 1.165) is 0 Å². The molecule has 0 spiro atoms. The molecule has 0 unspecified atom stereocenters. The van der Waals surface area contributed by atoms with Crippen LogP contribution in [0.3, 0.4) is 0 Å². The monoisotopic (exact) mass is 241 g/mol. The van der Waals surface area contributed by atoms with Crippen LogP contribution in [-0.4, -0.2) is 23.7 Å². The minimum absolute atomic E-state index is 0.153. The van der Waals surface area contributed by atoms with Crippen LogP contribution in [0.4, 0.5) is 0 Å². The second kappa shape index (κ2) is 5.97. The van der Waals surface area contributed by atoms with Crippen LogP contribution in [0.2, 0.25) is 0 Å². The molecule has 0 aromatic rings. The van der Waals surface area contributed by atoms with Crippen LogP contribution in [0.25, 0.3) is 0 Å². The molecule has 0 rings (SSSR count). The molecular formula is C13H23NO3. The Morgan fingerprint density at radius 1 is 1.24 bits per heavy atom. The maximum atomic E-state index is 11.5. The van der Waals surface area contributed by atoms with Gasteiger partial charge in [-0.3, -0.25) is 4.79 Å². The van der Waals surface area contributed by atoms with Crippen molar-refractivity contribution in [3.63, 3.8) is 0 Å². The minimum atomic E-state index is -0.470. The zero-order valence-electron chi connectivity index (χ0n) is 11.7. The van der Waals surface area contributed by atoms with Gasteiger partial charge in [-0.15, -0.1) is 0 Å². The van der Waals surface area contributed by atoms with Crippen molar-refractivity contribution in [3.05, 3.63) is 0 Å². The maximum Gasteiger partial charge on any atom is 0.306 e. The van der Waals surface area contributed by atoms with Crippen molar-refractivity contribution in [1.29, 1.82) is 0 Å². The molecule has 98 valence electrons. The van der Waals surface area contributed by atoms with Gasteiger partial charge in [0, 0.05) is 6.42 Å². The van der Waals surface area contributed by atoms with Gasteiger partial charge in [-0.2, -0.15) is 0 Å². The molecule has 0 bridgehead atoms. The highest BCUT2D eigenvalue weighted by atomic mass is 16.6. The number of hydrogen-bond acceptors (Lipinski definition) is 4. The molecule has 0 aromatic carbocycles. The van der Waals surface area contributed by atoms with E-state index in [0.29, 0.717) is 6.42 Å². The smallest absolute Gasteiger partial charge is 0.306 e. The van der Waals surface area contributed by atoms with Crippen LogP contribution >= 0.6 is 0 Å². The van der Waals surface area contributed by atoms with Crippen molar-refractivity contribution in [2.24, 2.45) is 10.4 Å². The van der Waals surface area contributed by atoms with E-state index >= 15 is 0 Å². The van der Waals surface area contributed by atoms with Gasteiger partial charge in [0.15, 0.2) is 0 Å². The molecule has 17 heavy (non-hydrogen) atoms. The van der Waals surface area contributed by atoms with E-state index in [-0.39, 0.29) is 23.8 Å². The third kappa shape index (κ3) is 7.70. The van der Waals surface area contributed by atoms with Gasteiger partial charge in [-0.1, -0.05) is 20.8 Å². The summed E-state index contributed by atoms with van der Waals surface area (Å²) in [6, 6.07) is -0.201. The Morgan fingerprint density at radius 3 is 2.12 bits per heavy atom. The number of esters is 1. The van der Waals surface area contributed by atoms with Gasteiger partial charge in [0.05, 0.1) is 6.04 Å². The van der Waals surface area contributed by atoms with Crippen LogP contribution in [0.15, 0.2) is 4.99 Å². The van der Waals surface area contributed by atoms with Gasteiger partial charge in [0.1, 0.15) is 5.60 Å². The number of nitrogens with zero attached hydrogens (tertiary/aromatic N) is 1. The lowest BCUT2D eigenvalue weighted by atomic mass is 9.84. The summed E-state index contributed by atoms with van der Waals surface area (Å²) in [5.74, 6) is -0.257. The lowest BCUT2D eigenvalue weighted by Gasteiger charge is -2.26. The highest BCUT2D eigenvalue weighted by Gasteiger charge is 2.26. The first-order valence-electron chi connectivity index (χ1n) is 5.85. The van der Waals surface area contributed by atoms with Crippen molar-refractivity contribution < 1.29 is 14.3 Å². The molecular weight excluding hydrogens is 218 g/mol. The van der Waals surface area contributed by atoms with Crippen LogP contribution in [0.1, 0.15) is 54.4 Å². The Bertz CT molecular complexity index is 304. The van der Waals surface area contributed by atoms with Crippen molar-refractivity contribution in [2.75, 3.05) is 0 Å². The molecule has 0 aliphatic heterocycles. The molecule has 0 aromatic heterocycles. The second-order valence-electron chi connectivity index (χ2n) is 6.23. The molecule has 0 amide bonds. The van der Waals surface area contributed by atoms with Gasteiger partial charge in [0.2, 0.25) is 6.08 Å². The first-order chi connectivity index (χ1) is 7.56. The first-order valence-corrected chi connectivity index (χ1v) is 5.85. The number of ether oxygens (including phenoxy) is 1. The number of isocyanates is 1. The Kier molecular flexibility index (Phi) is 5.56. The molecule has 4 heteroatoms. The van der Waals surface area contributed by atoms with E-state index in [9.17, 15) is 9.59 Å². The third-order valence-corrected chi connectivity index (χ3v) is 2.25. The molecule has 0 saturated heterocycles. The summed E-state index contributed by atoms with van der Waals surface area (Å²) >= 11 is 0. The Labute approximate surface area is 103 Å². The molecule has 0 N–H and O–H groups in total. The van der Waals surface area contributed by atoms with Gasteiger partial charge in [0.25, 0.3) is 0 Å². The molecule has 0 aliphatic rings. The fourth-order valence-electron chi connectivity index (χ4n) is 1.40. The van der Waals surface area contributed by atoms with Gasteiger partial charge in [-0.25, -0.2) is 9.79 Å². The number of carbonyl (C=O) groups is 1. The van der Waals surface area contributed by atoms with E-state index in [1.165, 1.54) is 0 Å². The second-order valence-corrected chi connectivity index (χ2v) is 6.23. The first kappa shape index (κ1) is 15.9. The van der Waals surface area contributed by atoms with Crippen molar-refractivity contribution in [2.45, 2.75) is 66.0 Å². The lowest BCUT2D eigenvalue weighted by Crippen LogP contribution is -2.28. The Morgan fingerprint density at radius 2 is 1.76 bits per heavy atom. The number of carbonyl (C=O) groups excluding carboxylic acids is 2. The molecule has 0 heterocycles. The van der Waals surface area contributed by atoms with Crippen molar-refractivity contribution in [3.8, 4) is 0 Å². The van der Waals surface area contributed by atoms with Gasteiger partial charge in [-0.05, 0) is 32.6 Å². The lowest BCUT2D eigenvalue weighted by molar-refractivity contribution is -0.155. The topological polar surface area (TPSA) is 55.7 Å². The average Bonchev–Trinajstić information content (AvgIpc) is 2.07. The van der Waals surface area contributed by atoms with Crippen molar-refractivity contribution >= 4 is 12.0 Å². The summed E-state index contributed by atoms with van der Waals surface area (Å²) in [6.45, 7) is 11.4. The van der Waals surface area contributed by atoms with E-state index in [2.05, 4.69) is 4.99 Å². The fourth-order valence-corrected chi connectivity index (χ4v) is 1.40. The third-order valence-electron chi connectivity index (χ3n) is 2.25. The summed E-state index contributed by atoms with van der Waals surface area (Å²) in [7, 11) is 0. The van der Waals surface area contributed by atoms with E-state index in [1.54, 1.807) is 6.08 Å². The molecule has 0 aliphatic carbocycles. The van der Waals surface area contributed by atoms with Gasteiger partial charge >= 0.3 is 5.97 Å². The molecule has 0 radical (unpaired) electrons. The average molecular weight is 241 g/mol. The maximum absolute atomic E-state index is 11.5. The SMILES string of the molecule is CC(C)(C)OC(=O)CC[C@H](N=C=O)C(C)(C)C. The summed E-state index contributed by atoms with van der Waals surface area (Å²) in [4.78, 5) is 25.6. The van der Waals surface area contributed by atoms with E-state index in [4.69, 9.17) is 4.74 Å². The zero-order valence-corrected chi connectivity index (χ0v) is 11.7. The largest absolute Gasteiger partial charge is 0.460 e. The van der Waals surface area contributed by atoms with Crippen LogP contribution < -0.4 is 0 Å². The molecule has 0 saturated carbocycles. The number of hydrogen-bond donors (Lipinski definition) is 0. The Hall–Kier alpha value is -1.15. The van der Waals surface area contributed by atoms with E-state index < -0.39 is 5.60 Å². The van der Waals surface area contributed by atoms with Crippen LogP contribution in [-0.2, 0) is 14.3 Å². The highest BCUT2D eigenvalue weighted by molar-refractivity contribution is 5.69. The quantitative estimate of drug-likeness (QED) is 0.432. The minimum Gasteiger partial charge on any atom is -0.460 e. The highest BCUT2D eigenvalue weighted by Crippen LogP contribution is 2.26. The summed E-state index contributed by atoms with van der Waals surface area (Å²) < 4.78 is 5.20. The fraction of sp³-hybridized carbons (Fsp3) is 0.846. The number of aliphatic imine (C=N–C) groups is 1. The summed E-state index contributed by atoms with van der Waals surface area (Å²) in [6.07, 6.45) is 2.35. The van der Waals surface area contributed by atoms with Crippen LogP contribution in [0, 0.1) is 5.41 Å². The predicted molar refractivity (Wildman–Crippen MR) is 66.4 cm³/mol. The molecule has 1 atom stereocenters. The van der Waals surface area contributed by atoms with Crippen molar-refractivity contribution in [1.82, 2.24) is 0 Å². The molecule has 4 nitrogen and oxygen atoms in total. The standard InChI is InChI=1S/C13H23NO3/c1-12(2,3)10(14-9-15)7-8-11(16)17-13(4,5)6/h10H,7-8H2,1-6H3/t10-/m0/s1.